The molecule has 0 aliphatic heterocycles. The summed E-state index contributed by atoms with van der Waals surface area (Å²) in [4.78, 5) is 24.1. The van der Waals surface area contributed by atoms with Crippen LogP contribution in [0.5, 0.6) is 0 Å². The summed E-state index contributed by atoms with van der Waals surface area (Å²) in [6.45, 7) is 2.02. The summed E-state index contributed by atoms with van der Waals surface area (Å²) < 4.78 is 0. The quantitative estimate of drug-likeness (QED) is 0.225. The van der Waals surface area contributed by atoms with Crippen molar-refractivity contribution in [3.8, 4) is 10.4 Å². The van der Waals surface area contributed by atoms with Crippen LogP contribution in [0.1, 0.15) is 56.4 Å². The van der Waals surface area contributed by atoms with E-state index < -0.39 is 0 Å². The second-order valence-corrected chi connectivity index (χ2v) is 11.4. The van der Waals surface area contributed by atoms with E-state index >= 15 is 0 Å². The van der Waals surface area contributed by atoms with Crippen LogP contribution >= 0.6 is 34.4 Å². The van der Waals surface area contributed by atoms with Crippen LogP contribution in [0, 0.1) is 0 Å². The molecule has 1 unspecified atom stereocenters. The molecule has 1 aliphatic carbocycles. The van der Waals surface area contributed by atoms with Gasteiger partial charge in [-0.15, -0.1) is 21.5 Å². The molecule has 5 rings (SSSR count). The van der Waals surface area contributed by atoms with Gasteiger partial charge >= 0.3 is 0 Å². The highest BCUT2D eigenvalue weighted by molar-refractivity contribution is 8.00. The summed E-state index contributed by atoms with van der Waals surface area (Å²) in [6.07, 6.45) is 8.43. The Kier molecular flexibility index (Phi) is 6.99. The average Bonchev–Trinajstić information content (AvgIpc) is 3.51. The molecule has 0 bridgehead atoms. The number of benzene rings is 1. The van der Waals surface area contributed by atoms with Crippen LogP contribution in [0.2, 0.25) is 0 Å². The number of anilines is 1. The molecule has 0 radical (unpaired) electrons. The van der Waals surface area contributed by atoms with Gasteiger partial charge < -0.3 is 0 Å². The van der Waals surface area contributed by atoms with Crippen LogP contribution in [0.15, 0.2) is 47.8 Å². The van der Waals surface area contributed by atoms with Crippen molar-refractivity contribution in [3.05, 3.63) is 47.7 Å². The SMILES string of the molecule is CCC(Sc1ncnc2sc(-c3ccccc3)cc12)C(=O)Nc1nnc(C2CCCCC2)s1. The molecular formula is C24H25N5OS3. The Labute approximate surface area is 205 Å². The first-order valence-corrected chi connectivity index (χ1v) is 13.8. The van der Waals surface area contributed by atoms with Crippen molar-refractivity contribution in [2.75, 3.05) is 5.32 Å². The van der Waals surface area contributed by atoms with E-state index in [1.54, 1.807) is 17.7 Å². The third-order valence-corrected chi connectivity index (χ3v) is 9.37. The number of aromatic nitrogens is 4. The molecular weight excluding hydrogens is 470 g/mol. The van der Waals surface area contributed by atoms with E-state index in [1.807, 2.05) is 25.1 Å². The lowest BCUT2D eigenvalue weighted by Gasteiger charge is -2.18. The van der Waals surface area contributed by atoms with Crippen LogP contribution in [0.3, 0.4) is 0 Å². The minimum absolute atomic E-state index is 0.0564. The zero-order valence-electron chi connectivity index (χ0n) is 18.4. The number of hydrogen-bond donors (Lipinski definition) is 1. The maximum absolute atomic E-state index is 13.1. The number of nitrogens with zero attached hydrogens (tertiary/aromatic N) is 4. The first-order chi connectivity index (χ1) is 16.2. The lowest BCUT2D eigenvalue weighted by Crippen LogP contribution is -2.24. The highest BCUT2D eigenvalue weighted by atomic mass is 32.2. The normalized spacial score (nSPS) is 15.5. The van der Waals surface area contributed by atoms with Gasteiger partial charge in [0.25, 0.3) is 0 Å². The first-order valence-electron chi connectivity index (χ1n) is 11.3. The molecule has 1 amide bonds. The lowest BCUT2D eigenvalue weighted by atomic mass is 9.90. The molecule has 3 aromatic heterocycles. The van der Waals surface area contributed by atoms with Gasteiger partial charge in [-0.1, -0.05) is 79.6 Å². The van der Waals surface area contributed by atoms with Gasteiger partial charge in [0, 0.05) is 16.2 Å². The van der Waals surface area contributed by atoms with Crippen molar-refractivity contribution < 1.29 is 4.79 Å². The molecule has 4 aromatic rings. The molecule has 0 spiro atoms. The van der Waals surface area contributed by atoms with Crippen molar-refractivity contribution >= 4 is 55.7 Å². The lowest BCUT2D eigenvalue weighted by molar-refractivity contribution is -0.115. The molecule has 1 aromatic carbocycles. The number of nitrogens with one attached hydrogen (secondary N) is 1. The molecule has 6 nitrogen and oxygen atoms in total. The maximum Gasteiger partial charge on any atom is 0.239 e. The molecule has 1 fully saturated rings. The second kappa shape index (κ2) is 10.3. The predicted molar refractivity (Wildman–Crippen MR) is 137 cm³/mol. The van der Waals surface area contributed by atoms with E-state index in [0.29, 0.717) is 17.5 Å². The summed E-state index contributed by atoms with van der Waals surface area (Å²) in [6, 6.07) is 12.4. The van der Waals surface area contributed by atoms with Gasteiger partial charge in [-0.3, -0.25) is 10.1 Å². The molecule has 170 valence electrons. The van der Waals surface area contributed by atoms with Crippen LogP contribution < -0.4 is 5.32 Å². The Balaban J connectivity index is 1.31. The van der Waals surface area contributed by atoms with Gasteiger partial charge in [-0.25, -0.2) is 9.97 Å². The topological polar surface area (TPSA) is 80.7 Å². The van der Waals surface area contributed by atoms with E-state index in [1.165, 1.54) is 55.2 Å². The fourth-order valence-electron chi connectivity index (χ4n) is 4.11. The zero-order chi connectivity index (χ0) is 22.6. The summed E-state index contributed by atoms with van der Waals surface area (Å²) in [5.74, 6) is 0.434. The monoisotopic (exact) mass is 495 g/mol. The third-order valence-electron chi connectivity index (χ3n) is 5.89. The minimum atomic E-state index is -0.273. The van der Waals surface area contributed by atoms with Crippen molar-refractivity contribution in [3.63, 3.8) is 0 Å². The van der Waals surface area contributed by atoms with E-state index in [4.69, 9.17) is 0 Å². The third kappa shape index (κ3) is 5.10. The largest absolute Gasteiger partial charge is 0.300 e. The Morgan fingerprint density at radius 2 is 1.94 bits per heavy atom. The van der Waals surface area contributed by atoms with Gasteiger partial charge in [0.1, 0.15) is 21.2 Å². The smallest absolute Gasteiger partial charge is 0.239 e. The van der Waals surface area contributed by atoms with Crippen LogP contribution in [0.25, 0.3) is 20.7 Å². The van der Waals surface area contributed by atoms with Crippen molar-refractivity contribution in [2.24, 2.45) is 0 Å². The number of thiophene rings is 1. The number of amides is 1. The van der Waals surface area contributed by atoms with Crippen LogP contribution in [0.4, 0.5) is 5.13 Å². The number of carbonyl (C=O) groups is 1. The Morgan fingerprint density at radius 1 is 1.12 bits per heavy atom. The first kappa shape index (κ1) is 22.4. The van der Waals surface area contributed by atoms with Gasteiger partial charge in [-0.05, 0) is 30.9 Å². The molecule has 1 N–H and O–H groups in total. The van der Waals surface area contributed by atoms with E-state index in [2.05, 4.69) is 43.7 Å². The number of thioether (sulfide) groups is 1. The number of fused-ring (bicyclic) bond motifs is 1. The van der Waals surface area contributed by atoms with Crippen molar-refractivity contribution in [1.29, 1.82) is 0 Å². The number of rotatable bonds is 7. The standard InChI is InChI=1S/C24H25N5OS3/c1-2-18(20(30)27-24-29-28-21(33-24)16-11-7-4-8-12-16)31-22-17-13-19(15-9-5-3-6-10-15)32-23(17)26-14-25-22/h3,5-6,9-10,13-14,16,18H,2,4,7-8,11-12H2,1H3,(H,27,29,30). The Hall–Kier alpha value is -2.36. The average molecular weight is 496 g/mol. The fourth-order valence-corrected chi connectivity index (χ4v) is 7.09. The molecule has 1 aliphatic rings. The fraction of sp³-hybridized carbons (Fsp3) is 0.375. The van der Waals surface area contributed by atoms with E-state index in [-0.39, 0.29) is 11.2 Å². The summed E-state index contributed by atoms with van der Waals surface area (Å²) in [5, 5.41) is 14.8. The number of hydrogen-bond acceptors (Lipinski definition) is 8. The molecule has 9 heteroatoms. The predicted octanol–water partition coefficient (Wildman–Crippen LogP) is 6.77. The van der Waals surface area contributed by atoms with Crippen molar-refractivity contribution in [2.45, 2.75) is 61.6 Å². The van der Waals surface area contributed by atoms with E-state index in [0.717, 1.165) is 30.7 Å². The Bertz CT molecular complexity index is 1230. The van der Waals surface area contributed by atoms with Crippen molar-refractivity contribution in [1.82, 2.24) is 20.2 Å². The molecule has 3 heterocycles. The van der Waals surface area contributed by atoms with Gasteiger partial charge in [-0.2, -0.15) is 0 Å². The molecule has 1 saturated carbocycles. The highest BCUT2D eigenvalue weighted by Crippen LogP contribution is 2.38. The van der Waals surface area contributed by atoms with Gasteiger partial charge in [0.15, 0.2) is 0 Å². The Morgan fingerprint density at radius 3 is 2.73 bits per heavy atom. The molecule has 0 saturated heterocycles. The summed E-state index contributed by atoms with van der Waals surface area (Å²) in [5.41, 5.74) is 1.16. The maximum atomic E-state index is 13.1. The summed E-state index contributed by atoms with van der Waals surface area (Å²) >= 11 is 4.65. The molecule has 1 atom stereocenters. The number of carbonyl (C=O) groups excluding carboxylic acids is 1. The van der Waals surface area contributed by atoms with E-state index in [9.17, 15) is 4.79 Å². The highest BCUT2D eigenvalue weighted by Gasteiger charge is 2.24. The van der Waals surface area contributed by atoms with Crippen LogP contribution in [-0.2, 0) is 4.79 Å². The van der Waals surface area contributed by atoms with Gasteiger partial charge in [0.05, 0.1) is 5.25 Å². The molecule has 33 heavy (non-hydrogen) atoms. The van der Waals surface area contributed by atoms with Gasteiger partial charge in [0.2, 0.25) is 11.0 Å². The zero-order valence-corrected chi connectivity index (χ0v) is 20.8. The van der Waals surface area contributed by atoms with Crippen LogP contribution in [-0.4, -0.2) is 31.3 Å². The summed E-state index contributed by atoms with van der Waals surface area (Å²) in [7, 11) is 0. The minimum Gasteiger partial charge on any atom is -0.300 e. The second-order valence-electron chi connectivity index (χ2n) is 8.16.